The number of halogens is 4. The van der Waals surface area contributed by atoms with Crippen LogP contribution < -0.4 is 9.64 Å². The van der Waals surface area contributed by atoms with Gasteiger partial charge in [0, 0.05) is 12.1 Å². The predicted molar refractivity (Wildman–Crippen MR) is 95.5 cm³/mol. The summed E-state index contributed by atoms with van der Waals surface area (Å²) in [5.41, 5.74) is 0.462. The molecule has 1 aliphatic carbocycles. The molecule has 27 heavy (non-hydrogen) atoms. The maximum absolute atomic E-state index is 13.8. The van der Waals surface area contributed by atoms with Crippen LogP contribution in [0.3, 0.4) is 0 Å². The predicted octanol–water partition coefficient (Wildman–Crippen LogP) is 5.30. The van der Waals surface area contributed by atoms with E-state index in [0.717, 1.165) is 12.5 Å². The molecule has 2 aromatic carbocycles. The molecule has 3 unspecified atom stereocenters. The van der Waals surface area contributed by atoms with Crippen molar-refractivity contribution < 1.29 is 22.8 Å². The van der Waals surface area contributed by atoms with Crippen molar-refractivity contribution in [3.05, 3.63) is 62.4 Å². The van der Waals surface area contributed by atoms with E-state index in [9.17, 15) is 23.3 Å². The van der Waals surface area contributed by atoms with Crippen LogP contribution in [0.25, 0.3) is 0 Å². The Morgan fingerprint density at radius 2 is 2.04 bits per heavy atom. The van der Waals surface area contributed by atoms with Crippen LogP contribution in [0.4, 0.5) is 24.5 Å². The highest BCUT2D eigenvalue weighted by atomic mass is 79.9. The number of hydrogen-bond donors (Lipinski definition) is 0. The number of rotatable bonds is 5. The third-order valence-corrected chi connectivity index (χ3v) is 5.73. The lowest BCUT2D eigenvalue weighted by Gasteiger charge is -2.31. The molecule has 2 aromatic rings. The number of benzene rings is 2. The van der Waals surface area contributed by atoms with Gasteiger partial charge in [-0.2, -0.15) is 8.78 Å². The summed E-state index contributed by atoms with van der Waals surface area (Å²) in [4.78, 5) is 12.6. The van der Waals surface area contributed by atoms with Crippen molar-refractivity contribution in [1.82, 2.24) is 0 Å². The van der Waals surface area contributed by atoms with E-state index in [2.05, 4.69) is 20.7 Å². The van der Waals surface area contributed by atoms with Crippen molar-refractivity contribution in [1.29, 1.82) is 0 Å². The van der Waals surface area contributed by atoms with E-state index in [1.54, 1.807) is 23.1 Å². The van der Waals surface area contributed by atoms with Crippen molar-refractivity contribution in [3.63, 3.8) is 0 Å². The van der Waals surface area contributed by atoms with E-state index in [0.29, 0.717) is 18.0 Å². The lowest BCUT2D eigenvalue weighted by Crippen LogP contribution is -2.28. The molecular formula is C18H14BrF3N2O3. The topological polar surface area (TPSA) is 55.6 Å². The fraction of sp³-hybridized carbons (Fsp3) is 0.333. The SMILES string of the molecule is O=[N+]([O-])c1cc(F)c(Br)cc1N1CC2CC2C1c1ccccc1OC(F)F. The summed E-state index contributed by atoms with van der Waals surface area (Å²) >= 11 is 3.08. The second-order valence-corrected chi connectivity index (χ2v) is 7.54. The first-order valence-corrected chi connectivity index (χ1v) is 9.10. The summed E-state index contributed by atoms with van der Waals surface area (Å²) in [7, 11) is 0. The minimum Gasteiger partial charge on any atom is -0.434 e. The highest BCUT2D eigenvalue weighted by Gasteiger charge is 2.54. The molecule has 0 amide bonds. The van der Waals surface area contributed by atoms with E-state index in [4.69, 9.17) is 0 Å². The molecule has 3 atom stereocenters. The van der Waals surface area contributed by atoms with Crippen LogP contribution in [0, 0.1) is 27.8 Å². The van der Waals surface area contributed by atoms with Gasteiger partial charge in [0.15, 0.2) is 0 Å². The molecule has 0 spiro atoms. The molecular weight excluding hydrogens is 429 g/mol. The molecule has 1 aliphatic heterocycles. The number of fused-ring (bicyclic) bond motifs is 1. The maximum Gasteiger partial charge on any atom is 0.387 e. The fourth-order valence-electron chi connectivity index (χ4n) is 3.94. The maximum atomic E-state index is 13.8. The number of para-hydroxylation sites is 1. The van der Waals surface area contributed by atoms with E-state index in [1.807, 2.05) is 0 Å². The molecule has 9 heteroatoms. The lowest BCUT2D eigenvalue weighted by molar-refractivity contribution is -0.384. The summed E-state index contributed by atoms with van der Waals surface area (Å²) in [5, 5.41) is 11.5. The smallest absolute Gasteiger partial charge is 0.387 e. The summed E-state index contributed by atoms with van der Waals surface area (Å²) in [5.74, 6) is -0.166. The molecule has 0 radical (unpaired) electrons. The number of ether oxygens (including phenoxy) is 1. The quantitative estimate of drug-likeness (QED) is 0.465. The van der Waals surface area contributed by atoms with Gasteiger partial charge in [0.2, 0.25) is 0 Å². The number of anilines is 1. The average Bonchev–Trinajstić information content (AvgIpc) is 3.27. The largest absolute Gasteiger partial charge is 0.434 e. The second kappa shape index (κ2) is 6.70. The summed E-state index contributed by atoms with van der Waals surface area (Å²) in [6.07, 6.45) is 0.917. The van der Waals surface area contributed by atoms with Crippen LogP contribution in [0.5, 0.6) is 5.75 Å². The standard InChI is InChI=1S/C18H14BrF3N2O3/c19-12-6-14(15(24(25)26)7-13(12)20)23-8-9-5-11(9)17(23)10-3-1-2-4-16(10)27-18(21)22/h1-4,6-7,9,11,17-18H,5,8H2. The Labute approximate surface area is 161 Å². The minimum absolute atomic E-state index is 0.0545. The van der Waals surface area contributed by atoms with E-state index >= 15 is 0 Å². The second-order valence-electron chi connectivity index (χ2n) is 6.69. The van der Waals surface area contributed by atoms with E-state index in [-0.39, 0.29) is 33.6 Å². The van der Waals surface area contributed by atoms with Gasteiger partial charge in [-0.05, 0) is 46.3 Å². The lowest BCUT2D eigenvalue weighted by atomic mass is 10.0. The number of piperidine rings is 1. The third kappa shape index (κ3) is 3.24. The van der Waals surface area contributed by atoms with Gasteiger partial charge in [-0.1, -0.05) is 18.2 Å². The summed E-state index contributed by atoms with van der Waals surface area (Å²) in [6, 6.07) is 8.38. The molecule has 0 aromatic heterocycles. The number of nitro benzene ring substituents is 1. The monoisotopic (exact) mass is 442 g/mol. The fourth-order valence-corrected chi connectivity index (χ4v) is 4.27. The molecule has 2 aliphatic rings. The first-order chi connectivity index (χ1) is 12.9. The van der Waals surface area contributed by atoms with E-state index < -0.39 is 17.4 Å². The van der Waals surface area contributed by atoms with Crippen LogP contribution in [-0.2, 0) is 0 Å². The first-order valence-electron chi connectivity index (χ1n) is 8.30. The highest BCUT2D eigenvalue weighted by molar-refractivity contribution is 9.10. The zero-order valence-corrected chi connectivity index (χ0v) is 15.4. The van der Waals surface area contributed by atoms with Gasteiger partial charge in [0.1, 0.15) is 17.3 Å². The Morgan fingerprint density at radius 1 is 1.30 bits per heavy atom. The molecule has 4 rings (SSSR count). The summed E-state index contributed by atoms with van der Waals surface area (Å²) < 4.78 is 44.2. The van der Waals surface area contributed by atoms with Gasteiger partial charge in [-0.15, -0.1) is 0 Å². The first kappa shape index (κ1) is 18.1. The van der Waals surface area contributed by atoms with Crippen LogP contribution in [0.15, 0.2) is 40.9 Å². The normalized spacial score (nSPS) is 23.4. The van der Waals surface area contributed by atoms with Crippen molar-refractivity contribution in [2.45, 2.75) is 19.1 Å². The van der Waals surface area contributed by atoms with Crippen molar-refractivity contribution in [2.75, 3.05) is 11.4 Å². The van der Waals surface area contributed by atoms with Gasteiger partial charge >= 0.3 is 6.61 Å². The van der Waals surface area contributed by atoms with Crippen LogP contribution in [0.1, 0.15) is 18.0 Å². The Morgan fingerprint density at radius 3 is 2.74 bits per heavy atom. The number of nitrogens with zero attached hydrogens (tertiary/aromatic N) is 2. The Kier molecular flexibility index (Phi) is 4.49. The van der Waals surface area contributed by atoms with E-state index in [1.165, 1.54) is 12.1 Å². The van der Waals surface area contributed by atoms with Crippen molar-refractivity contribution in [2.24, 2.45) is 11.8 Å². The van der Waals surface area contributed by atoms with Gasteiger partial charge in [0.25, 0.3) is 5.69 Å². The average molecular weight is 443 g/mol. The van der Waals surface area contributed by atoms with Crippen LogP contribution in [0.2, 0.25) is 0 Å². The molecule has 1 saturated carbocycles. The summed E-state index contributed by atoms with van der Waals surface area (Å²) in [6.45, 7) is -2.43. The van der Waals surface area contributed by atoms with Crippen molar-refractivity contribution >= 4 is 27.3 Å². The molecule has 1 saturated heterocycles. The number of alkyl halides is 2. The Bertz CT molecular complexity index is 911. The minimum atomic E-state index is -2.97. The molecule has 0 N–H and O–H groups in total. The molecule has 5 nitrogen and oxygen atoms in total. The Balaban J connectivity index is 1.80. The third-order valence-electron chi connectivity index (χ3n) is 5.13. The zero-order valence-electron chi connectivity index (χ0n) is 13.8. The Hall–Kier alpha value is -2.29. The number of nitro groups is 1. The molecule has 142 valence electrons. The van der Waals surface area contributed by atoms with Crippen LogP contribution >= 0.6 is 15.9 Å². The molecule has 1 heterocycles. The van der Waals surface area contributed by atoms with Crippen molar-refractivity contribution in [3.8, 4) is 5.75 Å². The van der Waals surface area contributed by atoms with Gasteiger partial charge in [-0.25, -0.2) is 4.39 Å². The van der Waals surface area contributed by atoms with Crippen LogP contribution in [-0.4, -0.2) is 18.1 Å². The molecule has 0 bridgehead atoms. The molecule has 2 fully saturated rings. The highest BCUT2D eigenvalue weighted by Crippen LogP contribution is 2.59. The van der Waals surface area contributed by atoms with Gasteiger partial charge < -0.3 is 9.64 Å². The number of hydrogen-bond acceptors (Lipinski definition) is 4. The zero-order chi connectivity index (χ0) is 19.3. The van der Waals surface area contributed by atoms with Gasteiger partial charge in [-0.3, -0.25) is 10.1 Å². The van der Waals surface area contributed by atoms with Gasteiger partial charge in [0.05, 0.1) is 21.5 Å².